The first-order valence-corrected chi connectivity index (χ1v) is 10.7. The Morgan fingerprint density at radius 2 is 1.67 bits per heavy atom. The fourth-order valence-electron chi connectivity index (χ4n) is 4.58. The van der Waals surface area contributed by atoms with E-state index in [1.807, 2.05) is 24.4 Å². The molecule has 158 valence electrons. The monoisotopic (exact) mass is 405 g/mol. The SMILES string of the molecule is Cc1cccc(C2c3ccccc3C(C(=O)O)=CN2CCN2CCN(C)CC2)c1C. The number of rotatable bonds is 5. The van der Waals surface area contributed by atoms with Crippen molar-refractivity contribution in [2.24, 2.45) is 0 Å². The van der Waals surface area contributed by atoms with Crippen LogP contribution in [0.4, 0.5) is 0 Å². The number of carboxylic acid groups (broad SMARTS) is 1. The first kappa shape index (κ1) is 20.6. The van der Waals surface area contributed by atoms with Gasteiger partial charge in [-0.2, -0.15) is 0 Å². The minimum absolute atomic E-state index is 0.0247. The van der Waals surface area contributed by atoms with E-state index in [0.717, 1.165) is 50.4 Å². The molecule has 0 spiro atoms. The van der Waals surface area contributed by atoms with E-state index < -0.39 is 5.97 Å². The molecule has 0 aliphatic carbocycles. The number of aliphatic carboxylic acids is 1. The zero-order chi connectivity index (χ0) is 21.3. The molecule has 0 aromatic heterocycles. The number of aryl methyl sites for hydroxylation is 1. The Balaban J connectivity index is 1.71. The molecular weight excluding hydrogens is 374 g/mol. The molecule has 0 bridgehead atoms. The number of piperazine rings is 1. The summed E-state index contributed by atoms with van der Waals surface area (Å²) in [6, 6.07) is 14.4. The third-order valence-electron chi connectivity index (χ3n) is 6.61. The molecule has 2 aromatic carbocycles. The van der Waals surface area contributed by atoms with Gasteiger partial charge in [-0.1, -0.05) is 42.5 Å². The van der Waals surface area contributed by atoms with Crippen LogP contribution >= 0.6 is 0 Å². The van der Waals surface area contributed by atoms with E-state index in [0.29, 0.717) is 5.57 Å². The first-order valence-electron chi connectivity index (χ1n) is 10.7. The van der Waals surface area contributed by atoms with Gasteiger partial charge in [0.05, 0.1) is 11.6 Å². The molecule has 1 unspecified atom stereocenters. The predicted octanol–water partition coefficient (Wildman–Crippen LogP) is 3.38. The summed E-state index contributed by atoms with van der Waals surface area (Å²) < 4.78 is 0. The van der Waals surface area contributed by atoms with Crippen molar-refractivity contribution in [2.45, 2.75) is 19.9 Å². The molecule has 2 aromatic rings. The first-order chi connectivity index (χ1) is 14.5. The van der Waals surface area contributed by atoms with E-state index >= 15 is 0 Å². The van der Waals surface area contributed by atoms with Gasteiger partial charge in [0.2, 0.25) is 0 Å². The van der Waals surface area contributed by atoms with Crippen molar-refractivity contribution in [3.8, 4) is 0 Å². The van der Waals surface area contributed by atoms with Gasteiger partial charge in [-0.05, 0) is 48.7 Å². The number of hydrogen-bond donors (Lipinski definition) is 1. The van der Waals surface area contributed by atoms with Crippen molar-refractivity contribution in [2.75, 3.05) is 46.3 Å². The molecule has 1 saturated heterocycles. The maximum atomic E-state index is 12.1. The molecule has 0 saturated carbocycles. The minimum Gasteiger partial charge on any atom is -0.478 e. The van der Waals surface area contributed by atoms with E-state index in [-0.39, 0.29) is 6.04 Å². The maximum absolute atomic E-state index is 12.1. The maximum Gasteiger partial charge on any atom is 0.337 e. The number of benzene rings is 2. The molecule has 2 aliphatic rings. The predicted molar refractivity (Wildman–Crippen MR) is 120 cm³/mol. The zero-order valence-corrected chi connectivity index (χ0v) is 18.1. The van der Waals surface area contributed by atoms with E-state index in [1.54, 1.807) is 0 Å². The van der Waals surface area contributed by atoms with Crippen LogP contribution in [0.2, 0.25) is 0 Å². The third kappa shape index (κ3) is 4.00. The third-order valence-corrected chi connectivity index (χ3v) is 6.61. The van der Waals surface area contributed by atoms with Crippen molar-refractivity contribution in [1.82, 2.24) is 14.7 Å². The standard InChI is InChI=1S/C25H31N3O2/c1-18-7-6-10-20(19(18)2)24-22-9-5-4-8-21(22)23(25(29)30)17-28(24)16-15-27-13-11-26(3)12-14-27/h4-10,17,24H,11-16H2,1-3H3,(H,29,30). The number of likely N-dealkylation sites (N-methyl/N-ethyl adjacent to an activating group) is 1. The number of carbonyl (C=O) groups is 1. The lowest BCUT2D eigenvalue weighted by atomic mass is 9.84. The quantitative estimate of drug-likeness (QED) is 0.826. The smallest absolute Gasteiger partial charge is 0.337 e. The van der Waals surface area contributed by atoms with Crippen LogP contribution in [0.1, 0.15) is 33.9 Å². The molecule has 0 amide bonds. The molecule has 2 heterocycles. The highest BCUT2D eigenvalue weighted by Crippen LogP contribution is 2.40. The highest BCUT2D eigenvalue weighted by atomic mass is 16.4. The molecule has 1 atom stereocenters. The van der Waals surface area contributed by atoms with E-state index in [2.05, 4.69) is 59.9 Å². The Labute approximate surface area is 179 Å². The zero-order valence-electron chi connectivity index (χ0n) is 18.1. The van der Waals surface area contributed by atoms with Crippen molar-refractivity contribution < 1.29 is 9.90 Å². The Bertz CT molecular complexity index is 961. The molecule has 30 heavy (non-hydrogen) atoms. The summed E-state index contributed by atoms with van der Waals surface area (Å²) in [6.07, 6.45) is 1.87. The Morgan fingerprint density at radius 3 is 2.40 bits per heavy atom. The number of carboxylic acids is 1. The van der Waals surface area contributed by atoms with Crippen LogP contribution in [0.5, 0.6) is 0 Å². The van der Waals surface area contributed by atoms with Gasteiger partial charge in [0.15, 0.2) is 0 Å². The molecule has 0 radical (unpaired) electrons. The number of fused-ring (bicyclic) bond motifs is 1. The summed E-state index contributed by atoms with van der Waals surface area (Å²) in [5, 5.41) is 9.89. The highest BCUT2D eigenvalue weighted by molar-refractivity contribution is 6.16. The number of hydrogen-bond acceptors (Lipinski definition) is 4. The molecule has 2 aliphatic heterocycles. The average molecular weight is 406 g/mol. The van der Waals surface area contributed by atoms with E-state index in [1.165, 1.54) is 16.7 Å². The van der Waals surface area contributed by atoms with Gasteiger partial charge >= 0.3 is 5.97 Å². The summed E-state index contributed by atoms with van der Waals surface area (Å²) in [6.45, 7) is 10.3. The Kier molecular flexibility index (Phi) is 5.93. The van der Waals surface area contributed by atoms with Crippen molar-refractivity contribution in [1.29, 1.82) is 0 Å². The second kappa shape index (κ2) is 8.62. The van der Waals surface area contributed by atoms with E-state index in [4.69, 9.17) is 0 Å². The summed E-state index contributed by atoms with van der Waals surface area (Å²) in [7, 11) is 2.16. The lowest BCUT2D eigenvalue weighted by molar-refractivity contribution is -0.130. The molecular formula is C25H31N3O2. The molecule has 5 nitrogen and oxygen atoms in total. The van der Waals surface area contributed by atoms with Crippen molar-refractivity contribution in [3.05, 3.63) is 76.5 Å². The van der Waals surface area contributed by atoms with Gasteiger partial charge in [-0.25, -0.2) is 4.79 Å². The Hall–Kier alpha value is -2.63. The summed E-state index contributed by atoms with van der Waals surface area (Å²) in [5.74, 6) is -0.869. The van der Waals surface area contributed by atoms with Crippen molar-refractivity contribution in [3.63, 3.8) is 0 Å². The largest absolute Gasteiger partial charge is 0.478 e. The van der Waals surface area contributed by atoms with Crippen LogP contribution in [-0.2, 0) is 4.79 Å². The van der Waals surface area contributed by atoms with Crippen LogP contribution in [0.25, 0.3) is 5.57 Å². The normalized spacial score (nSPS) is 20.0. The number of nitrogens with zero attached hydrogens (tertiary/aromatic N) is 3. The van der Waals surface area contributed by atoms with Crippen LogP contribution in [0.3, 0.4) is 0 Å². The van der Waals surface area contributed by atoms with Crippen LogP contribution in [-0.4, -0.2) is 72.1 Å². The van der Waals surface area contributed by atoms with Gasteiger partial charge in [0, 0.05) is 45.5 Å². The lowest BCUT2D eigenvalue weighted by Crippen LogP contribution is -2.47. The van der Waals surface area contributed by atoms with Gasteiger partial charge < -0.3 is 14.9 Å². The van der Waals surface area contributed by atoms with Crippen LogP contribution in [0, 0.1) is 13.8 Å². The van der Waals surface area contributed by atoms with Crippen molar-refractivity contribution >= 4 is 11.5 Å². The van der Waals surface area contributed by atoms with Crippen LogP contribution in [0.15, 0.2) is 48.7 Å². The lowest BCUT2D eigenvalue weighted by Gasteiger charge is -2.40. The topological polar surface area (TPSA) is 47.0 Å². The average Bonchev–Trinajstić information content (AvgIpc) is 2.74. The van der Waals surface area contributed by atoms with Gasteiger partial charge in [-0.3, -0.25) is 4.90 Å². The minimum atomic E-state index is -0.869. The summed E-state index contributed by atoms with van der Waals surface area (Å²) in [5.41, 5.74) is 6.06. The molecule has 1 N–H and O–H groups in total. The van der Waals surface area contributed by atoms with Crippen LogP contribution < -0.4 is 0 Å². The summed E-state index contributed by atoms with van der Waals surface area (Å²) in [4.78, 5) is 19.1. The fourth-order valence-corrected chi connectivity index (χ4v) is 4.58. The van der Waals surface area contributed by atoms with Gasteiger partial charge in [-0.15, -0.1) is 0 Å². The second-order valence-electron chi connectivity index (χ2n) is 8.51. The Morgan fingerprint density at radius 1 is 0.967 bits per heavy atom. The fraction of sp³-hybridized carbons (Fsp3) is 0.400. The molecule has 4 rings (SSSR count). The summed E-state index contributed by atoms with van der Waals surface area (Å²) >= 11 is 0. The molecule has 1 fully saturated rings. The molecule has 5 heteroatoms. The van der Waals surface area contributed by atoms with Gasteiger partial charge in [0.25, 0.3) is 0 Å². The van der Waals surface area contributed by atoms with Gasteiger partial charge in [0.1, 0.15) is 0 Å². The highest BCUT2D eigenvalue weighted by Gasteiger charge is 2.32. The second-order valence-corrected chi connectivity index (χ2v) is 8.51. The van der Waals surface area contributed by atoms with E-state index in [9.17, 15) is 9.90 Å².